The summed E-state index contributed by atoms with van der Waals surface area (Å²) in [5, 5.41) is 0. The number of hydrogen-bond donors (Lipinski definition) is 2. The predicted molar refractivity (Wildman–Crippen MR) is 56.1 cm³/mol. The SMILES string of the molecule is Nc1nc(-c2ccc(Br)cc2)c[nH]1. The molecule has 0 saturated heterocycles. The van der Waals surface area contributed by atoms with Crippen LogP contribution in [0.3, 0.4) is 0 Å². The lowest BCUT2D eigenvalue weighted by Crippen LogP contribution is -1.85. The molecule has 13 heavy (non-hydrogen) atoms. The molecule has 1 heterocycles. The van der Waals surface area contributed by atoms with Crippen molar-refractivity contribution < 1.29 is 0 Å². The van der Waals surface area contributed by atoms with Crippen LogP contribution in [-0.4, -0.2) is 9.97 Å². The van der Waals surface area contributed by atoms with Gasteiger partial charge < -0.3 is 10.7 Å². The first-order valence-electron chi connectivity index (χ1n) is 3.82. The van der Waals surface area contributed by atoms with Gasteiger partial charge >= 0.3 is 0 Å². The van der Waals surface area contributed by atoms with Crippen LogP contribution in [0.15, 0.2) is 34.9 Å². The van der Waals surface area contributed by atoms with Gasteiger partial charge in [-0.15, -0.1) is 0 Å². The summed E-state index contributed by atoms with van der Waals surface area (Å²) in [7, 11) is 0. The number of aromatic nitrogens is 2. The smallest absolute Gasteiger partial charge is 0.198 e. The van der Waals surface area contributed by atoms with Crippen molar-refractivity contribution in [2.24, 2.45) is 0 Å². The number of nitrogen functional groups attached to an aromatic ring is 1. The standard InChI is InChI=1S/C9H8BrN3/c10-7-3-1-6(2-4-7)8-5-12-9(11)13-8/h1-5H,(H3,11,12,13). The zero-order chi connectivity index (χ0) is 9.26. The van der Waals surface area contributed by atoms with Gasteiger partial charge in [0, 0.05) is 16.2 Å². The third kappa shape index (κ3) is 1.72. The number of halogens is 1. The molecule has 0 spiro atoms. The molecule has 0 unspecified atom stereocenters. The van der Waals surface area contributed by atoms with E-state index in [1.54, 1.807) is 6.20 Å². The Hall–Kier alpha value is -1.29. The fourth-order valence-electron chi connectivity index (χ4n) is 1.11. The van der Waals surface area contributed by atoms with Crippen LogP contribution >= 0.6 is 15.9 Å². The Kier molecular flexibility index (Phi) is 2.06. The van der Waals surface area contributed by atoms with E-state index in [2.05, 4.69) is 25.9 Å². The molecule has 0 saturated carbocycles. The van der Waals surface area contributed by atoms with E-state index in [1.807, 2.05) is 24.3 Å². The van der Waals surface area contributed by atoms with Gasteiger partial charge in [0.05, 0.1) is 5.69 Å². The van der Waals surface area contributed by atoms with Crippen LogP contribution in [0.5, 0.6) is 0 Å². The van der Waals surface area contributed by atoms with Crippen LogP contribution in [0.2, 0.25) is 0 Å². The highest BCUT2D eigenvalue weighted by atomic mass is 79.9. The van der Waals surface area contributed by atoms with Gasteiger partial charge in [-0.1, -0.05) is 28.1 Å². The summed E-state index contributed by atoms with van der Waals surface area (Å²) >= 11 is 3.37. The van der Waals surface area contributed by atoms with E-state index in [-0.39, 0.29) is 0 Å². The van der Waals surface area contributed by atoms with Gasteiger partial charge in [-0.3, -0.25) is 0 Å². The van der Waals surface area contributed by atoms with Gasteiger partial charge in [-0.05, 0) is 12.1 Å². The summed E-state index contributed by atoms with van der Waals surface area (Å²) in [5.41, 5.74) is 7.39. The maximum absolute atomic E-state index is 5.47. The average Bonchev–Trinajstić information content (AvgIpc) is 2.53. The molecule has 3 N–H and O–H groups in total. The van der Waals surface area contributed by atoms with Crippen molar-refractivity contribution in [3.05, 3.63) is 34.9 Å². The van der Waals surface area contributed by atoms with E-state index in [9.17, 15) is 0 Å². The van der Waals surface area contributed by atoms with Gasteiger partial charge in [-0.25, -0.2) is 4.98 Å². The monoisotopic (exact) mass is 237 g/mol. The van der Waals surface area contributed by atoms with Crippen LogP contribution < -0.4 is 5.73 Å². The Morgan fingerprint density at radius 3 is 2.46 bits per heavy atom. The number of aromatic amines is 1. The van der Waals surface area contributed by atoms with Crippen molar-refractivity contribution >= 4 is 21.9 Å². The minimum atomic E-state index is 0.443. The molecule has 0 atom stereocenters. The van der Waals surface area contributed by atoms with E-state index in [0.29, 0.717) is 5.95 Å². The van der Waals surface area contributed by atoms with E-state index in [1.165, 1.54) is 0 Å². The fourth-order valence-corrected chi connectivity index (χ4v) is 1.37. The average molecular weight is 238 g/mol. The molecular formula is C9H8BrN3. The molecule has 0 fully saturated rings. The molecule has 0 radical (unpaired) electrons. The minimum absolute atomic E-state index is 0.443. The fraction of sp³-hybridized carbons (Fsp3) is 0. The lowest BCUT2D eigenvalue weighted by atomic mass is 10.2. The van der Waals surface area contributed by atoms with Gasteiger partial charge in [0.2, 0.25) is 0 Å². The van der Waals surface area contributed by atoms with E-state index >= 15 is 0 Å². The van der Waals surface area contributed by atoms with Gasteiger partial charge in [0.25, 0.3) is 0 Å². The molecule has 0 amide bonds. The van der Waals surface area contributed by atoms with Crippen molar-refractivity contribution in [3.63, 3.8) is 0 Å². The summed E-state index contributed by atoms with van der Waals surface area (Å²) in [4.78, 5) is 6.95. The first-order chi connectivity index (χ1) is 6.25. The molecule has 0 aliphatic heterocycles. The lowest BCUT2D eigenvalue weighted by Gasteiger charge is -1.95. The maximum Gasteiger partial charge on any atom is 0.198 e. The zero-order valence-corrected chi connectivity index (χ0v) is 8.38. The lowest BCUT2D eigenvalue weighted by molar-refractivity contribution is 1.33. The first kappa shape index (κ1) is 8.31. The summed E-state index contributed by atoms with van der Waals surface area (Å²) in [5.74, 6) is 0.443. The van der Waals surface area contributed by atoms with Crippen molar-refractivity contribution in [2.75, 3.05) is 5.73 Å². The van der Waals surface area contributed by atoms with Crippen LogP contribution in [0.4, 0.5) is 5.95 Å². The normalized spacial score (nSPS) is 10.2. The Bertz CT molecular complexity index is 405. The van der Waals surface area contributed by atoms with Crippen molar-refractivity contribution in [1.82, 2.24) is 9.97 Å². The molecule has 2 rings (SSSR count). The Morgan fingerprint density at radius 1 is 1.23 bits per heavy atom. The number of nitrogens with one attached hydrogen (secondary N) is 1. The van der Waals surface area contributed by atoms with E-state index in [4.69, 9.17) is 5.73 Å². The summed E-state index contributed by atoms with van der Waals surface area (Å²) in [6.07, 6.45) is 1.79. The number of nitrogens with two attached hydrogens (primary N) is 1. The van der Waals surface area contributed by atoms with E-state index < -0.39 is 0 Å². The number of H-pyrrole nitrogens is 1. The van der Waals surface area contributed by atoms with Gasteiger partial charge in [0.15, 0.2) is 5.95 Å². The number of nitrogens with zero attached hydrogens (tertiary/aromatic N) is 1. The first-order valence-corrected chi connectivity index (χ1v) is 4.62. The van der Waals surface area contributed by atoms with Crippen LogP contribution in [0.25, 0.3) is 11.3 Å². The Labute approximate surface area is 84.1 Å². The minimum Gasteiger partial charge on any atom is -0.369 e. The Morgan fingerprint density at radius 2 is 1.92 bits per heavy atom. The highest BCUT2D eigenvalue weighted by molar-refractivity contribution is 9.10. The number of imidazole rings is 1. The summed E-state index contributed by atoms with van der Waals surface area (Å²) < 4.78 is 1.06. The largest absolute Gasteiger partial charge is 0.369 e. The molecule has 3 nitrogen and oxygen atoms in total. The zero-order valence-electron chi connectivity index (χ0n) is 6.79. The number of rotatable bonds is 1. The summed E-state index contributed by atoms with van der Waals surface area (Å²) in [6, 6.07) is 7.92. The Balaban J connectivity index is 2.41. The van der Waals surface area contributed by atoms with E-state index in [0.717, 1.165) is 15.7 Å². The van der Waals surface area contributed by atoms with Crippen molar-refractivity contribution in [1.29, 1.82) is 0 Å². The molecule has 1 aromatic heterocycles. The van der Waals surface area contributed by atoms with Crippen LogP contribution in [0.1, 0.15) is 0 Å². The van der Waals surface area contributed by atoms with Crippen LogP contribution in [-0.2, 0) is 0 Å². The second-order valence-corrected chi connectivity index (χ2v) is 3.59. The highest BCUT2D eigenvalue weighted by Crippen LogP contribution is 2.19. The second kappa shape index (κ2) is 3.22. The highest BCUT2D eigenvalue weighted by Gasteiger charge is 2.00. The molecule has 4 heteroatoms. The van der Waals surface area contributed by atoms with Gasteiger partial charge in [0.1, 0.15) is 0 Å². The van der Waals surface area contributed by atoms with Crippen LogP contribution in [0, 0.1) is 0 Å². The topological polar surface area (TPSA) is 54.7 Å². The third-order valence-electron chi connectivity index (χ3n) is 1.74. The molecule has 2 aromatic rings. The maximum atomic E-state index is 5.47. The molecule has 0 aliphatic carbocycles. The third-order valence-corrected chi connectivity index (χ3v) is 2.27. The molecular weight excluding hydrogens is 230 g/mol. The van der Waals surface area contributed by atoms with Crippen molar-refractivity contribution in [3.8, 4) is 11.3 Å². The predicted octanol–water partition coefficient (Wildman–Crippen LogP) is 2.42. The second-order valence-electron chi connectivity index (χ2n) is 2.68. The quantitative estimate of drug-likeness (QED) is 0.801. The number of hydrogen-bond acceptors (Lipinski definition) is 2. The molecule has 0 aliphatic rings. The van der Waals surface area contributed by atoms with Gasteiger partial charge in [-0.2, -0.15) is 0 Å². The molecule has 1 aromatic carbocycles. The molecule has 66 valence electrons. The summed E-state index contributed by atoms with van der Waals surface area (Å²) in [6.45, 7) is 0. The van der Waals surface area contributed by atoms with Crippen molar-refractivity contribution in [2.45, 2.75) is 0 Å². The number of anilines is 1. The molecule has 0 bridgehead atoms. The number of benzene rings is 1.